The van der Waals surface area contributed by atoms with Gasteiger partial charge in [-0.15, -0.1) is 0 Å². The highest BCUT2D eigenvalue weighted by Gasteiger charge is 2.27. The van der Waals surface area contributed by atoms with Gasteiger partial charge < -0.3 is 15.2 Å². The fraction of sp³-hybridized carbons (Fsp3) is 0.867. The first kappa shape index (κ1) is 17.9. The molecule has 1 fully saturated rings. The quantitative estimate of drug-likeness (QED) is 0.509. The van der Waals surface area contributed by atoms with Crippen LogP contribution < -0.4 is 5.32 Å². The first-order valence-electron chi connectivity index (χ1n) is 7.85. The van der Waals surface area contributed by atoms with Gasteiger partial charge in [-0.2, -0.15) is 0 Å². The Bertz CT molecular complexity index is 336. The number of ether oxygens (including phenoxy) is 1. The van der Waals surface area contributed by atoms with Gasteiger partial charge in [-0.1, -0.05) is 12.8 Å². The zero-order valence-electron chi connectivity index (χ0n) is 13.1. The predicted octanol–water partition coefficient (Wildman–Crippen LogP) is 0.681. The number of hydrogen-bond donors (Lipinski definition) is 2. The summed E-state index contributed by atoms with van der Waals surface area (Å²) < 4.78 is 4.82. The van der Waals surface area contributed by atoms with Gasteiger partial charge in [0, 0.05) is 19.0 Å². The summed E-state index contributed by atoms with van der Waals surface area (Å²) in [4.78, 5) is 24.9. The largest absolute Gasteiger partial charge is 0.466 e. The number of nitrogens with zero attached hydrogens (tertiary/aromatic N) is 1. The molecule has 1 amide bonds. The van der Waals surface area contributed by atoms with Crippen molar-refractivity contribution in [1.29, 1.82) is 0 Å². The molecular formula is C15H28N2O4. The molecule has 0 spiro atoms. The molecule has 122 valence electrons. The van der Waals surface area contributed by atoms with Crippen LogP contribution in [0.15, 0.2) is 0 Å². The van der Waals surface area contributed by atoms with Gasteiger partial charge in [0.2, 0.25) is 5.91 Å². The Labute approximate surface area is 126 Å². The Morgan fingerprint density at radius 2 is 2.05 bits per heavy atom. The molecule has 0 bridgehead atoms. The number of amides is 1. The van der Waals surface area contributed by atoms with Crippen LogP contribution in [0.5, 0.6) is 0 Å². The maximum atomic E-state index is 11.8. The van der Waals surface area contributed by atoms with Crippen LogP contribution in [0.3, 0.4) is 0 Å². The van der Waals surface area contributed by atoms with Gasteiger partial charge in [0.1, 0.15) is 0 Å². The first-order valence-corrected chi connectivity index (χ1v) is 7.85. The van der Waals surface area contributed by atoms with E-state index in [-0.39, 0.29) is 30.6 Å². The van der Waals surface area contributed by atoms with E-state index in [4.69, 9.17) is 4.74 Å². The van der Waals surface area contributed by atoms with Gasteiger partial charge in [0.05, 0.1) is 19.3 Å². The normalized spacial score (nSPS) is 22.1. The molecular weight excluding hydrogens is 272 g/mol. The number of carbonyl (C=O) groups is 2. The van der Waals surface area contributed by atoms with Gasteiger partial charge in [0.15, 0.2) is 0 Å². The lowest BCUT2D eigenvalue weighted by molar-refractivity contribution is -0.143. The molecule has 0 aliphatic heterocycles. The monoisotopic (exact) mass is 300 g/mol. The minimum atomic E-state index is -0.333. The van der Waals surface area contributed by atoms with Crippen LogP contribution in [0.1, 0.15) is 45.4 Å². The van der Waals surface area contributed by atoms with Crippen LogP contribution in [0, 0.1) is 0 Å². The van der Waals surface area contributed by atoms with Gasteiger partial charge in [-0.05, 0) is 33.2 Å². The molecule has 21 heavy (non-hydrogen) atoms. The molecule has 2 N–H and O–H groups in total. The zero-order chi connectivity index (χ0) is 15.7. The van der Waals surface area contributed by atoms with Crippen LogP contribution in [0.4, 0.5) is 0 Å². The number of aliphatic hydroxyl groups is 1. The molecule has 6 heteroatoms. The van der Waals surface area contributed by atoms with E-state index in [2.05, 4.69) is 5.32 Å². The second kappa shape index (κ2) is 9.73. The number of rotatable bonds is 8. The van der Waals surface area contributed by atoms with Crippen LogP contribution >= 0.6 is 0 Å². The minimum absolute atomic E-state index is 0.0702. The summed E-state index contributed by atoms with van der Waals surface area (Å²) in [5, 5.41) is 12.7. The third kappa shape index (κ3) is 6.91. The van der Waals surface area contributed by atoms with E-state index in [1.54, 1.807) is 6.92 Å². The fourth-order valence-corrected chi connectivity index (χ4v) is 2.70. The summed E-state index contributed by atoms with van der Waals surface area (Å²) >= 11 is 0. The Kier molecular flexibility index (Phi) is 8.30. The lowest BCUT2D eigenvalue weighted by atomic mass is 9.91. The molecule has 1 rings (SSSR count). The number of hydrogen-bond acceptors (Lipinski definition) is 5. The Morgan fingerprint density at radius 3 is 2.71 bits per heavy atom. The molecule has 0 saturated heterocycles. The van der Waals surface area contributed by atoms with E-state index in [0.29, 0.717) is 26.0 Å². The fourth-order valence-electron chi connectivity index (χ4n) is 2.70. The number of likely N-dealkylation sites (N-methyl/N-ethyl adjacent to an activating group) is 1. The second-order valence-electron chi connectivity index (χ2n) is 5.59. The Hall–Kier alpha value is -1.14. The molecule has 0 aromatic carbocycles. The lowest BCUT2D eigenvalue weighted by Crippen LogP contribution is -2.47. The van der Waals surface area contributed by atoms with Crippen molar-refractivity contribution in [3.63, 3.8) is 0 Å². The third-order valence-corrected chi connectivity index (χ3v) is 3.84. The molecule has 1 aliphatic rings. The molecule has 0 aromatic heterocycles. The Balaban J connectivity index is 2.16. The molecule has 1 aliphatic carbocycles. The average molecular weight is 300 g/mol. The third-order valence-electron chi connectivity index (χ3n) is 3.84. The summed E-state index contributed by atoms with van der Waals surface area (Å²) in [5.41, 5.74) is 0. The number of esters is 1. The highest BCUT2D eigenvalue weighted by atomic mass is 16.5. The highest BCUT2D eigenvalue weighted by Crippen LogP contribution is 2.21. The molecule has 1 saturated carbocycles. The van der Waals surface area contributed by atoms with Crippen LogP contribution in [-0.4, -0.2) is 60.8 Å². The van der Waals surface area contributed by atoms with E-state index in [1.165, 1.54) is 0 Å². The highest BCUT2D eigenvalue weighted by molar-refractivity contribution is 5.78. The van der Waals surface area contributed by atoms with Crippen molar-refractivity contribution in [2.75, 3.05) is 26.7 Å². The van der Waals surface area contributed by atoms with E-state index in [0.717, 1.165) is 25.7 Å². The van der Waals surface area contributed by atoms with Crippen LogP contribution in [0.25, 0.3) is 0 Å². The maximum Gasteiger partial charge on any atom is 0.305 e. The first-order chi connectivity index (χ1) is 10.0. The second-order valence-corrected chi connectivity index (χ2v) is 5.59. The number of nitrogens with one attached hydrogen (secondary N) is 1. The van der Waals surface area contributed by atoms with E-state index < -0.39 is 0 Å². The predicted molar refractivity (Wildman–Crippen MR) is 79.8 cm³/mol. The zero-order valence-corrected chi connectivity index (χ0v) is 13.1. The van der Waals surface area contributed by atoms with Gasteiger partial charge >= 0.3 is 5.97 Å². The van der Waals surface area contributed by atoms with Crippen LogP contribution in [0.2, 0.25) is 0 Å². The summed E-state index contributed by atoms with van der Waals surface area (Å²) in [6.45, 7) is 2.91. The molecule has 2 atom stereocenters. The standard InChI is InChI=1S/C15H28N2O4/c1-3-21-15(20)9-6-10-16-14(19)11-17(2)12-7-4-5-8-13(12)18/h12-13,18H,3-11H2,1-2H3,(H,16,19). The van der Waals surface area contributed by atoms with Crippen molar-refractivity contribution in [2.24, 2.45) is 0 Å². The van der Waals surface area contributed by atoms with Crippen LogP contribution in [-0.2, 0) is 14.3 Å². The average Bonchev–Trinajstić information content (AvgIpc) is 2.44. The van der Waals surface area contributed by atoms with E-state index >= 15 is 0 Å². The van der Waals surface area contributed by atoms with Crippen molar-refractivity contribution in [1.82, 2.24) is 10.2 Å². The molecule has 0 aromatic rings. The maximum absolute atomic E-state index is 11.8. The van der Waals surface area contributed by atoms with Gasteiger partial charge in [-0.25, -0.2) is 0 Å². The lowest BCUT2D eigenvalue weighted by Gasteiger charge is -2.34. The summed E-state index contributed by atoms with van der Waals surface area (Å²) in [6, 6.07) is 0.0732. The summed E-state index contributed by atoms with van der Waals surface area (Å²) in [5.74, 6) is -0.298. The summed E-state index contributed by atoms with van der Waals surface area (Å²) in [6.07, 6.45) is 4.49. The van der Waals surface area contributed by atoms with Crippen molar-refractivity contribution in [2.45, 2.75) is 57.6 Å². The minimum Gasteiger partial charge on any atom is -0.466 e. The van der Waals surface area contributed by atoms with Crippen molar-refractivity contribution >= 4 is 11.9 Å². The summed E-state index contributed by atoms with van der Waals surface area (Å²) in [7, 11) is 1.87. The Morgan fingerprint density at radius 1 is 1.33 bits per heavy atom. The number of aliphatic hydroxyl groups excluding tert-OH is 1. The smallest absolute Gasteiger partial charge is 0.305 e. The van der Waals surface area contributed by atoms with Crippen molar-refractivity contribution in [3.05, 3.63) is 0 Å². The van der Waals surface area contributed by atoms with E-state index in [1.807, 2.05) is 11.9 Å². The number of carbonyl (C=O) groups excluding carboxylic acids is 2. The van der Waals surface area contributed by atoms with Gasteiger partial charge in [0.25, 0.3) is 0 Å². The molecule has 0 heterocycles. The molecule has 6 nitrogen and oxygen atoms in total. The van der Waals surface area contributed by atoms with Gasteiger partial charge in [-0.3, -0.25) is 14.5 Å². The SMILES string of the molecule is CCOC(=O)CCCNC(=O)CN(C)C1CCCCC1O. The van der Waals surface area contributed by atoms with E-state index in [9.17, 15) is 14.7 Å². The van der Waals surface area contributed by atoms with Crippen molar-refractivity contribution < 1.29 is 19.4 Å². The topological polar surface area (TPSA) is 78.9 Å². The van der Waals surface area contributed by atoms with Crippen molar-refractivity contribution in [3.8, 4) is 0 Å². The molecule has 2 unspecified atom stereocenters. The molecule has 0 radical (unpaired) electrons.